The molecule has 0 fully saturated rings. The van der Waals surface area contributed by atoms with Crippen LogP contribution >= 0.6 is 0 Å². The summed E-state index contributed by atoms with van der Waals surface area (Å²) < 4.78 is 16.4. The van der Waals surface area contributed by atoms with E-state index in [0.717, 1.165) is 11.1 Å². The smallest absolute Gasteiger partial charge is 0.203 e. The molecule has 0 unspecified atom stereocenters. The fourth-order valence-electron chi connectivity index (χ4n) is 1.89. The van der Waals surface area contributed by atoms with Gasteiger partial charge in [0.05, 0.1) is 14.2 Å². The van der Waals surface area contributed by atoms with Crippen molar-refractivity contribution in [3.05, 3.63) is 53.6 Å². The summed E-state index contributed by atoms with van der Waals surface area (Å²) in [5.74, 6) is 1.92. The highest BCUT2D eigenvalue weighted by molar-refractivity contribution is 5.51. The van der Waals surface area contributed by atoms with Gasteiger partial charge >= 0.3 is 0 Å². The second-order valence-corrected chi connectivity index (χ2v) is 4.30. The standard InChI is InChI=1S/C16H19NO3/c1-18-14-4-3-5-15(19-2)16(14)20-11-13-8-6-12(10-17)7-9-13/h3-9H,10-11,17H2,1-2H3. The second kappa shape index (κ2) is 6.82. The van der Waals surface area contributed by atoms with Crippen molar-refractivity contribution < 1.29 is 14.2 Å². The van der Waals surface area contributed by atoms with Crippen molar-refractivity contribution in [1.82, 2.24) is 0 Å². The van der Waals surface area contributed by atoms with Crippen LogP contribution in [0.25, 0.3) is 0 Å². The zero-order chi connectivity index (χ0) is 14.4. The molecule has 2 aromatic carbocycles. The third kappa shape index (κ3) is 3.22. The molecule has 4 nitrogen and oxygen atoms in total. The topological polar surface area (TPSA) is 53.7 Å². The van der Waals surface area contributed by atoms with Gasteiger partial charge in [-0.2, -0.15) is 0 Å². The number of hydrogen-bond acceptors (Lipinski definition) is 4. The van der Waals surface area contributed by atoms with Crippen LogP contribution in [0.15, 0.2) is 42.5 Å². The Morgan fingerprint density at radius 3 is 1.90 bits per heavy atom. The van der Waals surface area contributed by atoms with Crippen LogP contribution in [0, 0.1) is 0 Å². The highest BCUT2D eigenvalue weighted by Crippen LogP contribution is 2.37. The molecule has 0 saturated heterocycles. The lowest BCUT2D eigenvalue weighted by Crippen LogP contribution is -2.01. The highest BCUT2D eigenvalue weighted by atomic mass is 16.5. The molecule has 0 aromatic heterocycles. The van der Waals surface area contributed by atoms with Gasteiger partial charge in [0, 0.05) is 6.54 Å². The van der Waals surface area contributed by atoms with Crippen molar-refractivity contribution >= 4 is 0 Å². The van der Waals surface area contributed by atoms with Crippen LogP contribution in [-0.2, 0) is 13.2 Å². The van der Waals surface area contributed by atoms with Crippen LogP contribution in [0.2, 0.25) is 0 Å². The largest absolute Gasteiger partial charge is 0.493 e. The molecule has 0 spiro atoms. The Hall–Kier alpha value is -2.20. The average molecular weight is 273 g/mol. The van der Waals surface area contributed by atoms with Gasteiger partial charge in [0.1, 0.15) is 6.61 Å². The zero-order valence-electron chi connectivity index (χ0n) is 11.8. The number of para-hydroxylation sites is 1. The van der Waals surface area contributed by atoms with Gasteiger partial charge in [0.15, 0.2) is 11.5 Å². The second-order valence-electron chi connectivity index (χ2n) is 4.30. The van der Waals surface area contributed by atoms with E-state index in [4.69, 9.17) is 19.9 Å². The van der Waals surface area contributed by atoms with E-state index in [9.17, 15) is 0 Å². The van der Waals surface area contributed by atoms with Crippen molar-refractivity contribution in [3.8, 4) is 17.2 Å². The molecule has 0 heterocycles. The first-order valence-electron chi connectivity index (χ1n) is 6.40. The lowest BCUT2D eigenvalue weighted by Gasteiger charge is -2.14. The monoisotopic (exact) mass is 273 g/mol. The van der Waals surface area contributed by atoms with E-state index in [2.05, 4.69) is 0 Å². The first-order chi connectivity index (χ1) is 9.78. The number of hydrogen-bond donors (Lipinski definition) is 1. The van der Waals surface area contributed by atoms with E-state index in [1.807, 2.05) is 42.5 Å². The van der Waals surface area contributed by atoms with Crippen molar-refractivity contribution in [3.63, 3.8) is 0 Å². The lowest BCUT2D eigenvalue weighted by molar-refractivity contribution is 0.266. The summed E-state index contributed by atoms with van der Waals surface area (Å²) >= 11 is 0. The maximum atomic E-state index is 5.83. The number of benzene rings is 2. The normalized spacial score (nSPS) is 10.2. The Balaban J connectivity index is 2.13. The fourth-order valence-corrected chi connectivity index (χ4v) is 1.89. The number of ether oxygens (including phenoxy) is 3. The summed E-state index contributed by atoms with van der Waals surface area (Å²) in [5.41, 5.74) is 7.74. The number of rotatable bonds is 6. The van der Waals surface area contributed by atoms with E-state index in [1.54, 1.807) is 14.2 Å². The van der Waals surface area contributed by atoms with E-state index in [0.29, 0.717) is 30.4 Å². The Bertz CT molecular complexity index is 530. The van der Waals surface area contributed by atoms with Gasteiger partial charge < -0.3 is 19.9 Å². The number of nitrogens with two attached hydrogens (primary N) is 1. The average Bonchev–Trinajstić information content (AvgIpc) is 2.52. The molecule has 0 amide bonds. The van der Waals surface area contributed by atoms with Gasteiger partial charge in [-0.1, -0.05) is 30.3 Å². The maximum Gasteiger partial charge on any atom is 0.203 e. The minimum atomic E-state index is 0.446. The molecule has 106 valence electrons. The molecule has 20 heavy (non-hydrogen) atoms. The van der Waals surface area contributed by atoms with Gasteiger partial charge in [-0.05, 0) is 23.3 Å². The lowest BCUT2D eigenvalue weighted by atomic mass is 10.1. The minimum absolute atomic E-state index is 0.446. The molecular weight excluding hydrogens is 254 g/mol. The third-order valence-electron chi connectivity index (χ3n) is 3.02. The van der Waals surface area contributed by atoms with Crippen LogP contribution in [0.5, 0.6) is 17.2 Å². The van der Waals surface area contributed by atoms with Crippen molar-refractivity contribution in [2.75, 3.05) is 14.2 Å². The Morgan fingerprint density at radius 2 is 1.40 bits per heavy atom. The van der Waals surface area contributed by atoms with E-state index in [1.165, 1.54) is 0 Å². The molecule has 0 radical (unpaired) electrons. The molecule has 0 aliphatic carbocycles. The molecule has 2 rings (SSSR count). The van der Waals surface area contributed by atoms with Crippen LogP contribution < -0.4 is 19.9 Å². The van der Waals surface area contributed by atoms with E-state index in [-0.39, 0.29) is 0 Å². The predicted molar refractivity (Wildman–Crippen MR) is 78.2 cm³/mol. The molecule has 0 bridgehead atoms. The molecule has 0 atom stereocenters. The Kier molecular flexibility index (Phi) is 4.85. The number of methoxy groups -OCH3 is 2. The summed E-state index contributed by atoms with van der Waals surface area (Å²) in [7, 11) is 3.22. The Morgan fingerprint density at radius 1 is 0.850 bits per heavy atom. The van der Waals surface area contributed by atoms with E-state index < -0.39 is 0 Å². The van der Waals surface area contributed by atoms with Crippen LogP contribution in [-0.4, -0.2) is 14.2 Å². The fraction of sp³-hybridized carbons (Fsp3) is 0.250. The summed E-state index contributed by atoms with van der Waals surface area (Å²) in [6.07, 6.45) is 0. The molecular formula is C16H19NO3. The first kappa shape index (κ1) is 14.2. The van der Waals surface area contributed by atoms with Gasteiger partial charge in [0.2, 0.25) is 5.75 Å². The van der Waals surface area contributed by atoms with Crippen LogP contribution in [0.4, 0.5) is 0 Å². The predicted octanol–water partition coefficient (Wildman–Crippen LogP) is 2.74. The summed E-state index contributed by atoms with van der Waals surface area (Å²) in [4.78, 5) is 0. The van der Waals surface area contributed by atoms with E-state index >= 15 is 0 Å². The van der Waals surface area contributed by atoms with Gasteiger partial charge in [-0.15, -0.1) is 0 Å². The third-order valence-corrected chi connectivity index (χ3v) is 3.02. The zero-order valence-corrected chi connectivity index (χ0v) is 11.8. The molecule has 4 heteroatoms. The molecule has 2 aromatic rings. The van der Waals surface area contributed by atoms with Gasteiger partial charge in [-0.25, -0.2) is 0 Å². The first-order valence-corrected chi connectivity index (χ1v) is 6.40. The molecule has 0 aliphatic rings. The minimum Gasteiger partial charge on any atom is -0.493 e. The molecule has 0 saturated carbocycles. The van der Waals surface area contributed by atoms with Crippen LogP contribution in [0.1, 0.15) is 11.1 Å². The maximum absolute atomic E-state index is 5.83. The summed E-state index contributed by atoms with van der Waals surface area (Å²) in [6.45, 7) is 0.989. The summed E-state index contributed by atoms with van der Waals surface area (Å²) in [5, 5.41) is 0. The van der Waals surface area contributed by atoms with Crippen LogP contribution in [0.3, 0.4) is 0 Å². The molecule has 2 N–H and O–H groups in total. The van der Waals surface area contributed by atoms with Crippen molar-refractivity contribution in [1.29, 1.82) is 0 Å². The Labute approximate surface area is 119 Å². The highest BCUT2D eigenvalue weighted by Gasteiger charge is 2.11. The van der Waals surface area contributed by atoms with Gasteiger partial charge in [0.25, 0.3) is 0 Å². The molecule has 0 aliphatic heterocycles. The SMILES string of the molecule is COc1cccc(OC)c1OCc1ccc(CN)cc1. The summed E-state index contributed by atoms with van der Waals surface area (Å²) in [6, 6.07) is 13.6. The van der Waals surface area contributed by atoms with Crippen molar-refractivity contribution in [2.45, 2.75) is 13.2 Å². The van der Waals surface area contributed by atoms with Gasteiger partial charge in [-0.3, -0.25) is 0 Å². The van der Waals surface area contributed by atoms with Crippen molar-refractivity contribution in [2.24, 2.45) is 5.73 Å². The quantitative estimate of drug-likeness (QED) is 0.879.